The maximum absolute atomic E-state index is 11.9. The van der Waals surface area contributed by atoms with Gasteiger partial charge in [0.2, 0.25) is 0 Å². The molecule has 0 aromatic carbocycles. The number of carbonyl (C=O) groups excluding carboxylic acids is 3. The summed E-state index contributed by atoms with van der Waals surface area (Å²) in [6.07, 6.45) is 12.7. The number of fused-ring (bicyclic) bond motifs is 2. The molecule has 5 aliphatic carbocycles. The highest BCUT2D eigenvalue weighted by Gasteiger charge is 2.82. The lowest BCUT2D eigenvalue weighted by Gasteiger charge is -2.63. The quantitative estimate of drug-likeness (QED) is 0.156. The van der Waals surface area contributed by atoms with Gasteiger partial charge >= 0.3 is 17.9 Å². The van der Waals surface area contributed by atoms with Crippen LogP contribution in [0.5, 0.6) is 0 Å². The average molecular weight is 585 g/mol. The zero-order valence-corrected chi connectivity index (χ0v) is 27.6. The SMILES string of the molecule is C=C(COC(C)=O)C(CCC(C)C1CCC2(C)C3CCC4C(C)(C)C(OC(C)=O)CCC45CC35CCC12C)OC(C)=O. The van der Waals surface area contributed by atoms with E-state index in [1.54, 1.807) is 6.92 Å². The molecule has 236 valence electrons. The van der Waals surface area contributed by atoms with E-state index in [0.29, 0.717) is 51.4 Å². The van der Waals surface area contributed by atoms with Crippen LogP contribution in [0.3, 0.4) is 0 Å². The smallest absolute Gasteiger partial charge is 0.303 e. The first-order valence-electron chi connectivity index (χ1n) is 16.7. The van der Waals surface area contributed by atoms with Crippen molar-refractivity contribution in [3.63, 3.8) is 0 Å². The molecular formula is C36H56O6. The Labute approximate surface area is 254 Å². The molecule has 10 atom stereocenters. The van der Waals surface area contributed by atoms with Gasteiger partial charge < -0.3 is 14.2 Å². The number of esters is 3. The summed E-state index contributed by atoms with van der Waals surface area (Å²) in [7, 11) is 0. The lowest BCUT2D eigenvalue weighted by Crippen LogP contribution is -2.58. The molecule has 0 heterocycles. The second-order valence-corrected chi connectivity index (χ2v) is 16.2. The predicted octanol–water partition coefficient (Wildman–Crippen LogP) is 7.82. The molecule has 5 aliphatic rings. The molecule has 42 heavy (non-hydrogen) atoms. The number of ether oxygens (including phenoxy) is 3. The van der Waals surface area contributed by atoms with Gasteiger partial charge in [0.25, 0.3) is 0 Å². The monoisotopic (exact) mass is 584 g/mol. The van der Waals surface area contributed by atoms with Crippen molar-refractivity contribution in [2.75, 3.05) is 6.61 Å². The van der Waals surface area contributed by atoms with Gasteiger partial charge in [0.05, 0.1) is 0 Å². The Bertz CT molecular complexity index is 1130. The summed E-state index contributed by atoms with van der Waals surface area (Å²) < 4.78 is 16.7. The molecule has 0 aromatic heterocycles. The van der Waals surface area contributed by atoms with Gasteiger partial charge in [-0.25, -0.2) is 0 Å². The topological polar surface area (TPSA) is 78.9 Å². The van der Waals surface area contributed by atoms with Gasteiger partial charge in [-0.05, 0) is 116 Å². The molecule has 0 N–H and O–H groups in total. The predicted molar refractivity (Wildman–Crippen MR) is 162 cm³/mol. The Morgan fingerprint density at radius 3 is 2.10 bits per heavy atom. The number of hydrogen-bond acceptors (Lipinski definition) is 6. The molecule has 0 bridgehead atoms. The van der Waals surface area contributed by atoms with Crippen LogP contribution in [-0.4, -0.2) is 36.7 Å². The van der Waals surface area contributed by atoms with E-state index < -0.39 is 6.10 Å². The van der Waals surface area contributed by atoms with Crippen LogP contribution in [0.25, 0.3) is 0 Å². The summed E-state index contributed by atoms with van der Waals surface area (Å²) in [5.41, 5.74) is 2.22. The highest BCUT2D eigenvalue weighted by molar-refractivity contribution is 5.67. The maximum atomic E-state index is 11.9. The van der Waals surface area contributed by atoms with Crippen LogP contribution in [-0.2, 0) is 28.6 Å². The van der Waals surface area contributed by atoms with Crippen molar-refractivity contribution in [3.8, 4) is 0 Å². The second kappa shape index (κ2) is 10.6. The van der Waals surface area contributed by atoms with Gasteiger partial charge in [-0.2, -0.15) is 0 Å². The van der Waals surface area contributed by atoms with E-state index in [1.807, 2.05) is 0 Å². The number of hydrogen-bond donors (Lipinski definition) is 0. The fraction of sp³-hybridized carbons (Fsp3) is 0.861. The summed E-state index contributed by atoms with van der Waals surface area (Å²) >= 11 is 0. The molecule has 10 unspecified atom stereocenters. The van der Waals surface area contributed by atoms with E-state index in [-0.39, 0.29) is 36.0 Å². The van der Waals surface area contributed by atoms with Crippen molar-refractivity contribution in [1.82, 2.24) is 0 Å². The van der Waals surface area contributed by atoms with E-state index in [9.17, 15) is 14.4 Å². The summed E-state index contributed by atoms with van der Waals surface area (Å²) in [5.74, 6) is 1.75. The third-order valence-electron chi connectivity index (χ3n) is 14.2. The highest BCUT2D eigenvalue weighted by atomic mass is 16.6. The summed E-state index contributed by atoms with van der Waals surface area (Å²) in [6.45, 7) is 21.0. The van der Waals surface area contributed by atoms with E-state index in [0.717, 1.165) is 18.8 Å². The Morgan fingerprint density at radius 1 is 0.786 bits per heavy atom. The molecule has 0 saturated heterocycles. The molecule has 6 nitrogen and oxygen atoms in total. The second-order valence-electron chi connectivity index (χ2n) is 16.2. The largest absolute Gasteiger partial charge is 0.462 e. The maximum Gasteiger partial charge on any atom is 0.303 e. The fourth-order valence-corrected chi connectivity index (χ4v) is 12.1. The zero-order chi connectivity index (χ0) is 30.9. The number of carbonyl (C=O) groups is 3. The lowest BCUT2D eigenvalue weighted by molar-refractivity contribution is -0.181. The van der Waals surface area contributed by atoms with Gasteiger partial charge in [0.1, 0.15) is 18.8 Å². The van der Waals surface area contributed by atoms with Crippen molar-refractivity contribution < 1.29 is 28.6 Å². The van der Waals surface area contributed by atoms with E-state index in [2.05, 4.69) is 41.2 Å². The first-order chi connectivity index (χ1) is 19.5. The van der Waals surface area contributed by atoms with Crippen molar-refractivity contribution in [1.29, 1.82) is 0 Å². The number of rotatable bonds is 9. The third kappa shape index (κ3) is 4.67. The van der Waals surface area contributed by atoms with Crippen LogP contribution in [0.2, 0.25) is 0 Å². The Kier molecular flexibility index (Phi) is 8.00. The van der Waals surface area contributed by atoms with E-state index in [1.165, 1.54) is 65.2 Å². The summed E-state index contributed by atoms with van der Waals surface area (Å²) in [5, 5.41) is 0. The molecule has 0 aromatic rings. The van der Waals surface area contributed by atoms with E-state index in [4.69, 9.17) is 14.2 Å². The third-order valence-corrected chi connectivity index (χ3v) is 14.2. The molecule has 0 radical (unpaired) electrons. The average Bonchev–Trinajstić information content (AvgIpc) is 3.48. The Hall–Kier alpha value is -1.85. The van der Waals surface area contributed by atoms with Crippen LogP contribution in [0.15, 0.2) is 12.2 Å². The normalized spacial score (nSPS) is 42.5. The van der Waals surface area contributed by atoms with Gasteiger partial charge in [0, 0.05) is 31.8 Å². The van der Waals surface area contributed by atoms with Gasteiger partial charge in [-0.1, -0.05) is 41.2 Å². The van der Waals surface area contributed by atoms with Crippen molar-refractivity contribution in [2.24, 2.45) is 50.7 Å². The Balaban J connectivity index is 1.30. The van der Waals surface area contributed by atoms with Crippen molar-refractivity contribution in [2.45, 2.75) is 138 Å². The molecule has 6 heteroatoms. The highest BCUT2D eigenvalue weighted by Crippen LogP contribution is 2.89. The molecule has 0 aliphatic heterocycles. The first kappa shape index (κ1) is 31.6. The van der Waals surface area contributed by atoms with Crippen LogP contribution in [0.1, 0.15) is 126 Å². The van der Waals surface area contributed by atoms with Crippen LogP contribution >= 0.6 is 0 Å². The fourth-order valence-electron chi connectivity index (χ4n) is 12.1. The van der Waals surface area contributed by atoms with E-state index >= 15 is 0 Å². The van der Waals surface area contributed by atoms with Crippen molar-refractivity contribution >= 4 is 17.9 Å². The lowest BCUT2D eigenvalue weighted by atomic mass is 9.41. The molecule has 0 amide bonds. The minimum atomic E-state index is -0.424. The molecule has 5 fully saturated rings. The molecule has 5 rings (SSSR count). The Morgan fingerprint density at radius 2 is 1.45 bits per heavy atom. The molecular weight excluding hydrogens is 528 g/mol. The van der Waals surface area contributed by atoms with Gasteiger partial charge in [0.15, 0.2) is 0 Å². The van der Waals surface area contributed by atoms with Crippen LogP contribution in [0.4, 0.5) is 0 Å². The molecule has 5 saturated carbocycles. The first-order valence-corrected chi connectivity index (χ1v) is 16.7. The van der Waals surface area contributed by atoms with Gasteiger partial charge in [-0.3, -0.25) is 14.4 Å². The zero-order valence-electron chi connectivity index (χ0n) is 27.6. The summed E-state index contributed by atoms with van der Waals surface area (Å²) in [4.78, 5) is 35.1. The summed E-state index contributed by atoms with van der Waals surface area (Å²) in [6, 6.07) is 0. The van der Waals surface area contributed by atoms with Crippen LogP contribution < -0.4 is 0 Å². The van der Waals surface area contributed by atoms with Gasteiger partial charge in [-0.15, -0.1) is 0 Å². The van der Waals surface area contributed by atoms with Crippen molar-refractivity contribution in [3.05, 3.63) is 12.2 Å². The minimum Gasteiger partial charge on any atom is -0.462 e. The molecule has 2 spiro atoms. The minimum absolute atomic E-state index is 0.0325. The standard InChI is InChI=1S/C36H56O6/c1-22(10-11-28(41-25(4)38)23(2)20-40-24(3)37)27-14-16-34(9)30-13-12-29-32(6,7)31(42-26(5)39)15-17-35(29)21-36(30,35)19-18-33(27,34)8/h22,27-31H,2,10-21H2,1,3-9H3. The van der Waals surface area contributed by atoms with Crippen LogP contribution in [0, 0.1) is 50.7 Å².